The third-order valence-electron chi connectivity index (χ3n) is 7.92. The average Bonchev–Trinajstić information content (AvgIpc) is 3.66. The van der Waals surface area contributed by atoms with Crippen LogP contribution in [0, 0.1) is 0 Å². The van der Waals surface area contributed by atoms with E-state index in [1.54, 1.807) is 17.1 Å². The van der Waals surface area contributed by atoms with Gasteiger partial charge in [0.2, 0.25) is 5.82 Å². The van der Waals surface area contributed by atoms with Gasteiger partial charge in [-0.15, -0.1) is 4.70 Å². The summed E-state index contributed by atoms with van der Waals surface area (Å²) in [7, 11) is 1.81. The number of pyridine rings is 1. The summed E-state index contributed by atoms with van der Waals surface area (Å²) >= 11 is 0. The number of fused-ring (bicyclic) bond motifs is 3. The molecule has 3 aliphatic heterocycles. The number of piperidine rings is 1. The van der Waals surface area contributed by atoms with E-state index in [0.29, 0.717) is 41.3 Å². The van der Waals surface area contributed by atoms with Crippen molar-refractivity contribution < 1.29 is 14.3 Å². The highest BCUT2D eigenvalue weighted by molar-refractivity contribution is 6.00. The molecule has 14 heteroatoms. The van der Waals surface area contributed by atoms with Gasteiger partial charge in [0.05, 0.1) is 29.7 Å². The number of nitrogens with zero attached hydrogens (tertiary/aromatic N) is 10. The van der Waals surface area contributed by atoms with E-state index in [0.717, 1.165) is 24.0 Å². The molecule has 4 aromatic heterocycles. The van der Waals surface area contributed by atoms with Crippen molar-refractivity contribution in [2.45, 2.75) is 50.6 Å². The smallest absolute Gasteiger partial charge is 0.335 e. The minimum absolute atomic E-state index is 0.0193. The minimum atomic E-state index is -0.164. The van der Waals surface area contributed by atoms with E-state index < -0.39 is 0 Å². The molecule has 4 aromatic rings. The number of nitrogens with two attached hydrogens (primary N) is 1. The number of amides is 1. The number of nitrogen functional groups attached to an aromatic ring is 1. The molecule has 39 heavy (non-hydrogen) atoms. The second-order valence-corrected chi connectivity index (χ2v) is 10.2. The molecular weight excluding hydrogens is 500 g/mol. The summed E-state index contributed by atoms with van der Waals surface area (Å²) in [4.78, 5) is 41.5. The minimum Gasteiger partial charge on any atom is -0.383 e. The quantitative estimate of drug-likeness (QED) is 0.294. The van der Waals surface area contributed by atoms with Crippen LogP contribution in [0.15, 0.2) is 41.2 Å². The normalized spacial score (nSPS) is 22.0. The molecule has 7 rings (SSSR count). The van der Waals surface area contributed by atoms with Crippen LogP contribution < -0.4 is 5.73 Å². The zero-order valence-corrected chi connectivity index (χ0v) is 21.3. The number of aromatic amines is 1. The van der Waals surface area contributed by atoms with Gasteiger partial charge in [-0.05, 0) is 38.7 Å². The molecule has 2 bridgehead atoms. The molecule has 2 saturated heterocycles. The summed E-state index contributed by atoms with van der Waals surface area (Å²) < 4.78 is 3.18. The first kappa shape index (κ1) is 23.3. The summed E-state index contributed by atoms with van der Waals surface area (Å²) in [5.41, 5.74) is 10.4. The van der Waals surface area contributed by atoms with Gasteiger partial charge in [-0.3, -0.25) is 14.7 Å². The van der Waals surface area contributed by atoms with Gasteiger partial charge in [0, 0.05) is 40.4 Å². The topological polar surface area (TPSA) is 176 Å². The summed E-state index contributed by atoms with van der Waals surface area (Å²) in [5.74, 6) is 0.857. The monoisotopic (exact) mass is 525 g/mol. The van der Waals surface area contributed by atoms with Crippen molar-refractivity contribution in [3.05, 3.63) is 53.6 Å². The maximum Gasteiger partial charge on any atom is 0.335 e. The van der Waals surface area contributed by atoms with E-state index >= 15 is 0 Å². The van der Waals surface area contributed by atoms with E-state index in [2.05, 4.69) is 35.6 Å². The molecule has 7 heterocycles. The SMILES string of the molecule is CC(=O)c1c(C2CC3CCC(C2)N3C(=O)c2ncn[nH]2)nc2c(-c3ccc(C4=NN=[N+]4C)nc3)cnn2c1N. The molecule has 196 valence electrons. The zero-order valence-electron chi connectivity index (χ0n) is 21.3. The maximum absolute atomic E-state index is 13.1. The number of aromatic nitrogens is 7. The summed E-state index contributed by atoms with van der Waals surface area (Å²) in [6.45, 7) is 1.50. The number of hydrogen-bond donors (Lipinski definition) is 2. The van der Waals surface area contributed by atoms with Crippen molar-refractivity contribution in [2.75, 3.05) is 12.8 Å². The molecule has 0 spiro atoms. The Morgan fingerprint density at radius 1 is 1.13 bits per heavy atom. The van der Waals surface area contributed by atoms with E-state index in [9.17, 15) is 9.59 Å². The van der Waals surface area contributed by atoms with Gasteiger partial charge >= 0.3 is 5.84 Å². The van der Waals surface area contributed by atoms with Crippen molar-refractivity contribution in [1.82, 2.24) is 39.7 Å². The third-order valence-corrected chi connectivity index (χ3v) is 7.92. The van der Waals surface area contributed by atoms with Crippen molar-refractivity contribution in [1.29, 1.82) is 0 Å². The van der Waals surface area contributed by atoms with Crippen molar-refractivity contribution >= 4 is 29.0 Å². The Kier molecular flexibility index (Phi) is 5.11. The lowest BCUT2D eigenvalue weighted by molar-refractivity contribution is -0.472. The van der Waals surface area contributed by atoms with Crippen LogP contribution in [0.4, 0.5) is 5.82 Å². The second kappa shape index (κ2) is 8.58. The predicted octanol–water partition coefficient (Wildman–Crippen LogP) is 2.01. The Bertz CT molecular complexity index is 1690. The number of rotatable bonds is 5. The van der Waals surface area contributed by atoms with Gasteiger partial charge < -0.3 is 10.6 Å². The Labute approximate surface area is 221 Å². The van der Waals surface area contributed by atoms with Gasteiger partial charge in [0.15, 0.2) is 11.4 Å². The van der Waals surface area contributed by atoms with E-state index in [1.165, 1.54) is 17.8 Å². The standard InChI is InChI=1S/C25H24N12O2/c1-12(38)19-20(14-7-15-4-5-16(8-14)36(15)25(39)22-28-11-29-32-22)31-23-17(10-30-37(23)21(19)26)13-3-6-18(27-9-13)24-33-34-35(24)2/h3,6,9-11,14-16,26H,4-5,7-8H2,1-2H3,(H,28,29,32,39)/p+1. The molecule has 2 fully saturated rings. The number of Topliss-reactive ketones (excluding diaryl/α,β-unsaturated/α-hetero) is 1. The van der Waals surface area contributed by atoms with E-state index in [-0.39, 0.29) is 41.3 Å². The lowest BCUT2D eigenvalue weighted by Gasteiger charge is -2.38. The number of H-pyrrole nitrogens is 1. The lowest BCUT2D eigenvalue weighted by atomic mass is 9.85. The van der Waals surface area contributed by atoms with Crippen LogP contribution in [0.1, 0.15) is 70.9 Å². The number of amidine groups is 1. The second-order valence-electron chi connectivity index (χ2n) is 10.2. The lowest BCUT2D eigenvalue weighted by Crippen LogP contribution is -2.46. The zero-order chi connectivity index (χ0) is 26.8. The van der Waals surface area contributed by atoms with Gasteiger partial charge in [-0.2, -0.15) is 14.7 Å². The first-order chi connectivity index (χ1) is 18.9. The molecule has 2 atom stereocenters. The Hall–Kier alpha value is -4.88. The van der Waals surface area contributed by atoms with Crippen LogP contribution in [0.25, 0.3) is 16.8 Å². The van der Waals surface area contributed by atoms with Gasteiger partial charge in [-0.1, -0.05) is 6.07 Å². The number of hydrogen-bond acceptors (Lipinski definition) is 10. The van der Waals surface area contributed by atoms with Gasteiger partial charge in [0.1, 0.15) is 17.8 Å². The number of nitrogens with one attached hydrogen (secondary N) is 1. The molecule has 1 amide bonds. The highest BCUT2D eigenvalue weighted by Crippen LogP contribution is 2.45. The fourth-order valence-corrected chi connectivity index (χ4v) is 6.14. The van der Waals surface area contributed by atoms with E-state index in [1.807, 2.05) is 24.1 Å². The number of anilines is 1. The van der Waals surface area contributed by atoms with Crippen LogP contribution in [0.3, 0.4) is 0 Å². The molecule has 2 unspecified atom stereocenters. The van der Waals surface area contributed by atoms with Crippen LogP contribution in [0.5, 0.6) is 0 Å². The predicted molar refractivity (Wildman–Crippen MR) is 137 cm³/mol. The van der Waals surface area contributed by atoms with Crippen molar-refractivity contribution in [3.63, 3.8) is 0 Å². The molecule has 0 aromatic carbocycles. The maximum atomic E-state index is 13.1. The van der Waals surface area contributed by atoms with Crippen LogP contribution >= 0.6 is 0 Å². The van der Waals surface area contributed by atoms with Gasteiger partial charge in [0.25, 0.3) is 5.91 Å². The molecule has 0 saturated carbocycles. The molecule has 0 aliphatic carbocycles. The fraction of sp³-hybridized carbons (Fsp3) is 0.360. The molecular formula is C25H25N12O2+. The Morgan fingerprint density at radius 3 is 2.51 bits per heavy atom. The number of ketones is 1. The summed E-state index contributed by atoms with van der Waals surface area (Å²) in [5, 5.41) is 18.8. The largest absolute Gasteiger partial charge is 0.383 e. The van der Waals surface area contributed by atoms with Crippen molar-refractivity contribution in [3.8, 4) is 11.1 Å². The molecule has 3 N–H and O–H groups in total. The average molecular weight is 526 g/mol. The highest BCUT2D eigenvalue weighted by atomic mass is 16.2. The molecule has 3 aliphatic rings. The molecule has 14 nitrogen and oxygen atoms in total. The Balaban J connectivity index is 1.26. The van der Waals surface area contributed by atoms with Crippen LogP contribution in [-0.2, 0) is 0 Å². The van der Waals surface area contributed by atoms with E-state index in [4.69, 9.17) is 10.7 Å². The summed E-state index contributed by atoms with van der Waals surface area (Å²) in [6.07, 6.45) is 7.90. The number of carbonyl (C=O) groups excluding carboxylic acids is 2. The highest BCUT2D eigenvalue weighted by Gasteiger charge is 2.45. The fourth-order valence-electron chi connectivity index (χ4n) is 6.14. The summed E-state index contributed by atoms with van der Waals surface area (Å²) in [6, 6.07) is 3.84. The van der Waals surface area contributed by atoms with Crippen LogP contribution in [-0.4, -0.2) is 81.0 Å². The van der Waals surface area contributed by atoms with Crippen molar-refractivity contribution in [2.24, 2.45) is 10.3 Å². The third kappa shape index (κ3) is 3.55. The first-order valence-electron chi connectivity index (χ1n) is 12.8. The Morgan fingerprint density at radius 2 is 1.92 bits per heavy atom. The van der Waals surface area contributed by atoms with Crippen LogP contribution in [0.2, 0.25) is 0 Å². The number of carbonyl (C=O) groups is 2. The van der Waals surface area contributed by atoms with Gasteiger partial charge in [-0.25, -0.2) is 15.0 Å². The molecule has 0 radical (unpaired) electrons. The first-order valence-corrected chi connectivity index (χ1v) is 12.8.